The maximum atomic E-state index is 13.6. The molecule has 3 aromatic rings. The molecule has 0 saturated carbocycles. The topological polar surface area (TPSA) is 66.9 Å². The number of hydrogen-bond donors (Lipinski definition) is 0. The van der Waals surface area contributed by atoms with Gasteiger partial charge in [-0.05, 0) is 41.2 Å². The van der Waals surface area contributed by atoms with Gasteiger partial charge < -0.3 is 14.2 Å². The molecule has 1 aliphatic heterocycles. The third-order valence-corrected chi connectivity index (χ3v) is 5.32. The molecular formula is C17H15BrF3N5O2. The highest BCUT2D eigenvalue weighted by Gasteiger charge is 2.37. The molecule has 7 nitrogen and oxygen atoms in total. The zero-order valence-corrected chi connectivity index (χ0v) is 16.3. The minimum absolute atomic E-state index is 0.00372. The van der Waals surface area contributed by atoms with Crippen LogP contribution in [0.5, 0.6) is 0 Å². The number of rotatable bonds is 2. The van der Waals surface area contributed by atoms with E-state index in [0.717, 1.165) is 6.07 Å². The highest BCUT2D eigenvalue weighted by atomic mass is 79.9. The van der Waals surface area contributed by atoms with Gasteiger partial charge in [-0.15, -0.1) is 0 Å². The van der Waals surface area contributed by atoms with E-state index in [1.165, 1.54) is 12.3 Å². The third kappa shape index (κ3) is 3.28. The van der Waals surface area contributed by atoms with E-state index in [-0.39, 0.29) is 27.3 Å². The predicted octanol–water partition coefficient (Wildman–Crippen LogP) is 3.16. The van der Waals surface area contributed by atoms with Crippen LogP contribution in [0, 0.1) is 0 Å². The molecule has 1 fully saturated rings. The summed E-state index contributed by atoms with van der Waals surface area (Å²) >= 11 is 3.23. The molecule has 1 aliphatic rings. The van der Waals surface area contributed by atoms with E-state index in [0.29, 0.717) is 30.7 Å². The van der Waals surface area contributed by atoms with Crippen LogP contribution in [0.25, 0.3) is 17.1 Å². The largest absolute Gasteiger partial charge is 0.463 e. The van der Waals surface area contributed by atoms with Crippen molar-refractivity contribution in [1.82, 2.24) is 24.4 Å². The summed E-state index contributed by atoms with van der Waals surface area (Å²) in [5, 5.41) is 3.95. The molecule has 1 saturated heterocycles. The number of nitrogens with zero attached hydrogens (tertiary/aromatic N) is 5. The number of carbonyl (C=O) groups is 1. The molecule has 0 spiro atoms. The van der Waals surface area contributed by atoms with E-state index in [1.54, 1.807) is 11.0 Å². The van der Waals surface area contributed by atoms with Gasteiger partial charge in [-0.3, -0.25) is 4.79 Å². The van der Waals surface area contributed by atoms with Crippen molar-refractivity contribution in [3.8, 4) is 11.5 Å². The summed E-state index contributed by atoms with van der Waals surface area (Å²) in [6.45, 7) is 2.33. The first kappa shape index (κ1) is 18.9. The maximum Gasteiger partial charge on any atom is 0.433 e. The van der Waals surface area contributed by atoms with Gasteiger partial charge in [-0.1, -0.05) is 0 Å². The fourth-order valence-electron chi connectivity index (χ4n) is 3.04. The van der Waals surface area contributed by atoms with Crippen LogP contribution >= 0.6 is 15.9 Å². The van der Waals surface area contributed by atoms with E-state index < -0.39 is 17.8 Å². The van der Waals surface area contributed by atoms with E-state index in [9.17, 15) is 18.0 Å². The molecule has 0 aromatic carbocycles. The van der Waals surface area contributed by atoms with Crippen LogP contribution in [0.4, 0.5) is 13.2 Å². The van der Waals surface area contributed by atoms with Gasteiger partial charge in [0, 0.05) is 26.2 Å². The molecule has 0 aliphatic carbocycles. The minimum Gasteiger partial charge on any atom is -0.463 e. The number of likely N-dealkylation sites (N-methyl/N-ethyl adjacent to an activating group) is 1. The number of piperazine rings is 1. The number of halogens is 4. The second kappa shape index (κ2) is 6.89. The zero-order chi connectivity index (χ0) is 20.1. The Kier molecular flexibility index (Phi) is 4.66. The maximum absolute atomic E-state index is 13.6. The normalized spacial score (nSPS) is 16.1. The summed E-state index contributed by atoms with van der Waals surface area (Å²) < 4.78 is 46.9. The molecule has 148 valence electrons. The number of aromatic nitrogens is 3. The van der Waals surface area contributed by atoms with Crippen molar-refractivity contribution in [3.63, 3.8) is 0 Å². The van der Waals surface area contributed by atoms with Gasteiger partial charge in [0.2, 0.25) is 0 Å². The van der Waals surface area contributed by atoms with Gasteiger partial charge >= 0.3 is 6.18 Å². The van der Waals surface area contributed by atoms with Crippen LogP contribution in [0.1, 0.15) is 16.2 Å². The van der Waals surface area contributed by atoms with Crippen molar-refractivity contribution in [1.29, 1.82) is 0 Å². The van der Waals surface area contributed by atoms with Crippen LogP contribution in [0.3, 0.4) is 0 Å². The fraction of sp³-hybridized carbons (Fsp3) is 0.353. The molecule has 4 heterocycles. The molecule has 0 unspecified atom stereocenters. The number of carbonyl (C=O) groups excluding carboxylic acids is 1. The van der Waals surface area contributed by atoms with E-state index in [4.69, 9.17) is 4.42 Å². The molecule has 0 N–H and O–H groups in total. The predicted molar refractivity (Wildman–Crippen MR) is 96.8 cm³/mol. The van der Waals surface area contributed by atoms with Gasteiger partial charge in [-0.2, -0.15) is 18.3 Å². The summed E-state index contributed by atoms with van der Waals surface area (Å²) in [7, 11) is 1.94. The SMILES string of the molecule is CN1CCN(C(=O)c2nn3c(C(F)(F)F)cc(-c4ccco4)nc3c2Br)CC1. The Labute approximate surface area is 165 Å². The summed E-state index contributed by atoms with van der Waals surface area (Å²) in [6.07, 6.45) is -3.34. The first-order chi connectivity index (χ1) is 13.3. The second-order valence-corrected chi connectivity index (χ2v) is 7.29. The van der Waals surface area contributed by atoms with Gasteiger partial charge in [-0.25, -0.2) is 9.50 Å². The van der Waals surface area contributed by atoms with Crippen molar-refractivity contribution in [2.45, 2.75) is 6.18 Å². The van der Waals surface area contributed by atoms with Crippen LogP contribution < -0.4 is 0 Å². The summed E-state index contributed by atoms with van der Waals surface area (Å²) in [4.78, 5) is 20.7. The Hall–Kier alpha value is -2.40. The smallest absolute Gasteiger partial charge is 0.433 e. The van der Waals surface area contributed by atoms with Crippen LogP contribution in [-0.4, -0.2) is 63.5 Å². The summed E-state index contributed by atoms with van der Waals surface area (Å²) in [5.41, 5.74) is -1.23. The first-order valence-electron chi connectivity index (χ1n) is 8.44. The molecular weight excluding hydrogens is 443 g/mol. The first-order valence-corrected chi connectivity index (χ1v) is 9.23. The van der Waals surface area contributed by atoms with Gasteiger partial charge in [0.05, 0.1) is 10.7 Å². The molecule has 1 amide bonds. The Morgan fingerprint density at radius 2 is 1.96 bits per heavy atom. The van der Waals surface area contributed by atoms with Crippen molar-refractivity contribution in [3.05, 3.63) is 40.3 Å². The van der Waals surface area contributed by atoms with Crippen LogP contribution in [0.2, 0.25) is 0 Å². The third-order valence-electron chi connectivity index (χ3n) is 4.59. The van der Waals surface area contributed by atoms with E-state index in [2.05, 4.69) is 30.9 Å². The number of amides is 1. The Balaban J connectivity index is 1.84. The zero-order valence-electron chi connectivity index (χ0n) is 14.7. The van der Waals surface area contributed by atoms with Gasteiger partial charge in [0.15, 0.2) is 22.8 Å². The standard InChI is InChI=1S/C17H15BrF3N5O2/c1-24-4-6-25(7-5-24)16(27)14-13(18)15-22-10(11-3-2-8-28-11)9-12(17(19,20)21)26(15)23-14/h2-3,8-9H,4-7H2,1H3. The van der Waals surface area contributed by atoms with Gasteiger partial charge in [0.25, 0.3) is 5.91 Å². The van der Waals surface area contributed by atoms with Crippen molar-refractivity contribution >= 4 is 27.5 Å². The Morgan fingerprint density at radius 3 is 2.57 bits per heavy atom. The lowest BCUT2D eigenvalue weighted by atomic mass is 10.2. The van der Waals surface area contributed by atoms with Gasteiger partial charge in [0.1, 0.15) is 5.69 Å². The van der Waals surface area contributed by atoms with Crippen molar-refractivity contribution in [2.24, 2.45) is 0 Å². The quantitative estimate of drug-likeness (QED) is 0.591. The number of fused-ring (bicyclic) bond motifs is 1. The molecule has 0 bridgehead atoms. The lowest BCUT2D eigenvalue weighted by Crippen LogP contribution is -2.47. The molecule has 0 atom stereocenters. The molecule has 3 aromatic heterocycles. The molecule has 28 heavy (non-hydrogen) atoms. The lowest BCUT2D eigenvalue weighted by molar-refractivity contribution is -0.142. The molecule has 4 rings (SSSR count). The average molecular weight is 458 g/mol. The Bertz CT molecular complexity index is 1020. The van der Waals surface area contributed by atoms with E-state index in [1.807, 2.05) is 7.05 Å². The monoisotopic (exact) mass is 457 g/mol. The van der Waals surface area contributed by atoms with Crippen molar-refractivity contribution < 1.29 is 22.4 Å². The highest BCUT2D eigenvalue weighted by molar-refractivity contribution is 9.10. The molecule has 11 heteroatoms. The van der Waals surface area contributed by atoms with Crippen LogP contribution in [-0.2, 0) is 6.18 Å². The Morgan fingerprint density at radius 1 is 1.25 bits per heavy atom. The number of alkyl halides is 3. The van der Waals surface area contributed by atoms with Crippen molar-refractivity contribution in [2.75, 3.05) is 33.2 Å². The summed E-state index contributed by atoms with van der Waals surface area (Å²) in [5.74, 6) is -0.244. The number of hydrogen-bond acceptors (Lipinski definition) is 5. The number of furan rings is 1. The minimum atomic E-state index is -4.69. The average Bonchev–Trinajstić information content (AvgIpc) is 3.29. The van der Waals surface area contributed by atoms with Crippen LogP contribution in [0.15, 0.2) is 33.4 Å². The highest BCUT2D eigenvalue weighted by Crippen LogP contribution is 2.35. The fourth-order valence-corrected chi connectivity index (χ4v) is 3.55. The van der Waals surface area contributed by atoms with E-state index >= 15 is 0 Å². The lowest BCUT2D eigenvalue weighted by Gasteiger charge is -2.31. The molecule has 0 radical (unpaired) electrons. The second-order valence-electron chi connectivity index (χ2n) is 6.50. The summed E-state index contributed by atoms with van der Waals surface area (Å²) in [6, 6.07) is 3.93.